The Kier molecular flexibility index (Phi) is 4.43. The largest absolute Gasteiger partial charge is 0.466 e. The summed E-state index contributed by atoms with van der Waals surface area (Å²) in [7, 11) is 0. The van der Waals surface area contributed by atoms with Gasteiger partial charge in [0.15, 0.2) is 0 Å². The first kappa shape index (κ1) is 15.0. The first-order valence-electron chi connectivity index (χ1n) is 8.04. The van der Waals surface area contributed by atoms with E-state index in [1.165, 1.54) is 0 Å². The number of rotatable bonds is 4. The highest BCUT2D eigenvalue weighted by atomic mass is 16.5. The van der Waals surface area contributed by atoms with Crippen molar-refractivity contribution in [1.29, 1.82) is 0 Å². The van der Waals surface area contributed by atoms with Gasteiger partial charge in [0, 0.05) is 6.54 Å². The summed E-state index contributed by atoms with van der Waals surface area (Å²) in [4.78, 5) is 22.4. The van der Waals surface area contributed by atoms with E-state index in [1.807, 2.05) is 31.2 Å². The van der Waals surface area contributed by atoms with E-state index in [4.69, 9.17) is 4.74 Å². The van der Waals surface area contributed by atoms with Crippen LogP contribution >= 0.6 is 0 Å². The standard InChI is InChI=1S/C17H23N3O2/c1-3-22-17(21)13-7-6-10-20(11-13)12(2)16-18-14-8-4-5-9-15(14)19-16/h4-5,8-9,12-13H,3,6-7,10-11H2,1-2H3,(H,18,19). The third kappa shape index (κ3) is 2.99. The molecule has 2 heterocycles. The van der Waals surface area contributed by atoms with Gasteiger partial charge >= 0.3 is 5.97 Å². The van der Waals surface area contributed by atoms with Gasteiger partial charge in [-0.2, -0.15) is 0 Å². The number of nitrogens with one attached hydrogen (secondary N) is 1. The number of carbonyl (C=O) groups is 1. The van der Waals surface area contributed by atoms with Gasteiger partial charge in [-0.05, 0) is 45.4 Å². The maximum absolute atomic E-state index is 12.0. The summed E-state index contributed by atoms with van der Waals surface area (Å²) in [5.41, 5.74) is 2.05. The van der Waals surface area contributed by atoms with Crippen molar-refractivity contribution in [2.75, 3.05) is 19.7 Å². The van der Waals surface area contributed by atoms with Gasteiger partial charge in [-0.3, -0.25) is 9.69 Å². The lowest BCUT2D eigenvalue weighted by molar-refractivity contribution is -0.150. The lowest BCUT2D eigenvalue weighted by Crippen LogP contribution is -2.40. The maximum Gasteiger partial charge on any atom is 0.310 e. The molecule has 1 N–H and O–H groups in total. The minimum absolute atomic E-state index is 0.0134. The van der Waals surface area contributed by atoms with E-state index in [1.54, 1.807) is 0 Å². The average Bonchev–Trinajstić information content (AvgIpc) is 2.98. The molecule has 0 spiro atoms. The number of imidazole rings is 1. The molecule has 1 aliphatic heterocycles. The number of benzene rings is 1. The molecule has 1 aromatic carbocycles. The minimum atomic E-state index is -0.0657. The van der Waals surface area contributed by atoms with E-state index in [0.29, 0.717) is 6.61 Å². The number of hydrogen-bond donors (Lipinski definition) is 1. The zero-order chi connectivity index (χ0) is 15.5. The molecule has 1 aliphatic rings. The fourth-order valence-corrected chi connectivity index (χ4v) is 3.15. The zero-order valence-corrected chi connectivity index (χ0v) is 13.2. The predicted octanol–water partition coefficient (Wildman–Crippen LogP) is 2.90. The van der Waals surface area contributed by atoms with Crippen molar-refractivity contribution in [1.82, 2.24) is 14.9 Å². The summed E-state index contributed by atoms with van der Waals surface area (Å²) >= 11 is 0. The van der Waals surface area contributed by atoms with Crippen molar-refractivity contribution < 1.29 is 9.53 Å². The van der Waals surface area contributed by atoms with E-state index < -0.39 is 0 Å². The number of H-pyrrole nitrogens is 1. The number of ether oxygens (including phenoxy) is 1. The van der Waals surface area contributed by atoms with E-state index in [2.05, 4.69) is 21.8 Å². The normalized spacial score (nSPS) is 20.9. The van der Waals surface area contributed by atoms with Crippen LogP contribution < -0.4 is 0 Å². The molecule has 2 atom stereocenters. The fraction of sp³-hybridized carbons (Fsp3) is 0.529. The third-order valence-electron chi connectivity index (χ3n) is 4.42. The SMILES string of the molecule is CCOC(=O)C1CCCN(C(C)c2nc3ccccc3[nH]2)C1. The lowest BCUT2D eigenvalue weighted by Gasteiger charge is -2.34. The predicted molar refractivity (Wildman–Crippen MR) is 85.4 cm³/mol. The average molecular weight is 301 g/mol. The highest BCUT2D eigenvalue weighted by Gasteiger charge is 2.30. The molecule has 0 radical (unpaired) electrons. The van der Waals surface area contributed by atoms with Crippen molar-refractivity contribution in [3.05, 3.63) is 30.1 Å². The van der Waals surface area contributed by atoms with E-state index in [-0.39, 0.29) is 17.9 Å². The summed E-state index contributed by atoms with van der Waals surface area (Å²) in [6.07, 6.45) is 1.94. The number of carbonyl (C=O) groups excluding carboxylic acids is 1. The molecule has 2 aromatic rings. The van der Waals surface area contributed by atoms with Gasteiger partial charge in [0.2, 0.25) is 0 Å². The van der Waals surface area contributed by atoms with Gasteiger partial charge < -0.3 is 9.72 Å². The van der Waals surface area contributed by atoms with Crippen LogP contribution in [-0.4, -0.2) is 40.5 Å². The molecule has 0 saturated carbocycles. The Morgan fingerprint density at radius 1 is 1.50 bits per heavy atom. The number of piperidine rings is 1. The van der Waals surface area contributed by atoms with Crippen LogP contribution in [0, 0.1) is 5.92 Å². The van der Waals surface area contributed by atoms with Crippen molar-refractivity contribution in [3.8, 4) is 0 Å². The Morgan fingerprint density at radius 3 is 3.09 bits per heavy atom. The van der Waals surface area contributed by atoms with Gasteiger partial charge in [0.1, 0.15) is 5.82 Å². The van der Waals surface area contributed by atoms with E-state index >= 15 is 0 Å². The van der Waals surface area contributed by atoms with Crippen LogP contribution in [0.3, 0.4) is 0 Å². The van der Waals surface area contributed by atoms with Crippen LogP contribution in [0.2, 0.25) is 0 Å². The quantitative estimate of drug-likeness (QED) is 0.882. The highest BCUT2D eigenvalue weighted by Crippen LogP contribution is 2.27. The Balaban J connectivity index is 1.73. The molecule has 5 nitrogen and oxygen atoms in total. The second-order valence-corrected chi connectivity index (χ2v) is 5.90. The number of likely N-dealkylation sites (tertiary alicyclic amines) is 1. The second-order valence-electron chi connectivity index (χ2n) is 5.90. The number of fused-ring (bicyclic) bond motifs is 1. The number of aromatic nitrogens is 2. The number of nitrogens with zero attached hydrogens (tertiary/aromatic N) is 2. The molecule has 1 aromatic heterocycles. The van der Waals surface area contributed by atoms with Gasteiger partial charge in [-0.1, -0.05) is 12.1 Å². The number of esters is 1. The minimum Gasteiger partial charge on any atom is -0.466 e. The Hall–Kier alpha value is -1.88. The summed E-state index contributed by atoms with van der Waals surface area (Å²) in [6, 6.07) is 8.22. The number of para-hydroxylation sites is 2. The van der Waals surface area contributed by atoms with Gasteiger partial charge in [0.25, 0.3) is 0 Å². The Morgan fingerprint density at radius 2 is 2.32 bits per heavy atom. The third-order valence-corrected chi connectivity index (χ3v) is 4.42. The van der Waals surface area contributed by atoms with Crippen LogP contribution in [0.25, 0.3) is 11.0 Å². The first-order valence-corrected chi connectivity index (χ1v) is 8.04. The molecule has 22 heavy (non-hydrogen) atoms. The summed E-state index contributed by atoms with van der Waals surface area (Å²) in [5, 5.41) is 0. The number of hydrogen-bond acceptors (Lipinski definition) is 4. The molecule has 5 heteroatoms. The van der Waals surface area contributed by atoms with Crippen LogP contribution in [0.15, 0.2) is 24.3 Å². The first-order chi connectivity index (χ1) is 10.7. The van der Waals surface area contributed by atoms with Gasteiger partial charge in [-0.25, -0.2) is 4.98 Å². The molecule has 118 valence electrons. The van der Waals surface area contributed by atoms with E-state index in [9.17, 15) is 4.79 Å². The lowest BCUT2D eigenvalue weighted by atomic mass is 9.97. The van der Waals surface area contributed by atoms with Gasteiger partial charge in [-0.15, -0.1) is 0 Å². The van der Waals surface area contributed by atoms with Crippen LogP contribution in [0.1, 0.15) is 38.6 Å². The smallest absolute Gasteiger partial charge is 0.310 e. The number of aromatic amines is 1. The molecular weight excluding hydrogens is 278 g/mol. The summed E-state index contributed by atoms with van der Waals surface area (Å²) in [5.74, 6) is 0.884. The van der Waals surface area contributed by atoms with Crippen molar-refractivity contribution in [2.24, 2.45) is 5.92 Å². The fourth-order valence-electron chi connectivity index (χ4n) is 3.15. The monoisotopic (exact) mass is 301 g/mol. The molecule has 0 aliphatic carbocycles. The zero-order valence-electron chi connectivity index (χ0n) is 13.2. The molecule has 2 unspecified atom stereocenters. The highest BCUT2D eigenvalue weighted by molar-refractivity contribution is 5.75. The maximum atomic E-state index is 12.0. The molecule has 1 saturated heterocycles. The van der Waals surface area contributed by atoms with Crippen molar-refractivity contribution in [2.45, 2.75) is 32.7 Å². The molecule has 0 amide bonds. The molecule has 1 fully saturated rings. The summed E-state index contributed by atoms with van der Waals surface area (Å²) in [6.45, 7) is 6.19. The van der Waals surface area contributed by atoms with Crippen molar-refractivity contribution in [3.63, 3.8) is 0 Å². The van der Waals surface area contributed by atoms with Crippen LogP contribution in [0.5, 0.6) is 0 Å². The topological polar surface area (TPSA) is 58.2 Å². The molecule has 3 rings (SSSR count). The second kappa shape index (κ2) is 6.48. The molecule has 0 bridgehead atoms. The van der Waals surface area contributed by atoms with E-state index in [0.717, 1.165) is 42.8 Å². The van der Waals surface area contributed by atoms with Crippen LogP contribution in [-0.2, 0) is 9.53 Å². The van der Waals surface area contributed by atoms with Crippen molar-refractivity contribution >= 4 is 17.0 Å². The van der Waals surface area contributed by atoms with Gasteiger partial charge in [0.05, 0.1) is 29.6 Å². The summed E-state index contributed by atoms with van der Waals surface area (Å²) < 4.78 is 5.17. The van der Waals surface area contributed by atoms with Crippen LogP contribution in [0.4, 0.5) is 0 Å². The molecular formula is C17H23N3O2. The Labute approximate surface area is 130 Å². The Bertz CT molecular complexity index is 619.